The fraction of sp³-hybridized carbons (Fsp3) is 0.300. The van der Waals surface area contributed by atoms with Crippen molar-refractivity contribution in [2.24, 2.45) is 5.92 Å². The molecule has 4 heteroatoms. The number of carbonyl (C=O) groups is 1. The van der Waals surface area contributed by atoms with Crippen molar-refractivity contribution in [2.75, 3.05) is 6.61 Å². The summed E-state index contributed by atoms with van der Waals surface area (Å²) in [4.78, 5) is 16.9. The number of pyridine rings is 1. The number of hydrogen-bond donors (Lipinski definition) is 0. The molecule has 1 aliphatic rings. The van der Waals surface area contributed by atoms with E-state index in [2.05, 4.69) is 48.3 Å². The molecule has 0 saturated heterocycles. The van der Waals surface area contributed by atoms with Crippen LogP contribution in [0, 0.1) is 12.8 Å². The van der Waals surface area contributed by atoms with Crippen LogP contribution in [-0.4, -0.2) is 17.6 Å². The van der Waals surface area contributed by atoms with Gasteiger partial charge in [-0.2, -0.15) is 0 Å². The molecule has 2 atom stereocenters. The van der Waals surface area contributed by atoms with Crippen molar-refractivity contribution in [1.82, 2.24) is 4.98 Å². The van der Waals surface area contributed by atoms with Gasteiger partial charge in [-0.25, -0.2) is 4.98 Å². The van der Waals surface area contributed by atoms with Crippen molar-refractivity contribution >= 4 is 23.6 Å². The summed E-state index contributed by atoms with van der Waals surface area (Å²) in [5, 5.41) is 0.393. The molecule has 0 bridgehead atoms. The van der Waals surface area contributed by atoms with Gasteiger partial charge >= 0.3 is 5.97 Å². The Bertz CT molecular complexity index is 769. The number of aryl methyl sites for hydroxylation is 1. The number of nitrogens with zero attached hydrogens (tertiary/aromatic N) is 1. The molecule has 1 aliphatic carbocycles. The largest absolute Gasteiger partial charge is 0.465 e. The van der Waals surface area contributed by atoms with Gasteiger partial charge in [-0.1, -0.05) is 59.6 Å². The maximum absolute atomic E-state index is 12.6. The smallest absolute Gasteiger partial charge is 0.318 e. The van der Waals surface area contributed by atoms with Crippen LogP contribution in [0.15, 0.2) is 48.5 Å². The lowest BCUT2D eigenvalue weighted by Crippen LogP contribution is -2.26. The van der Waals surface area contributed by atoms with Gasteiger partial charge in [0.05, 0.1) is 12.3 Å². The Morgan fingerprint density at radius 2 is 2.08 bits per heavy atom. The van der Waals surface area contributed by atoms with Gasteiger partial charge in [-0.15, -0.1) is 0 Å². The molecule has 1 aromatic carbocycles. The van der Waals surface area contributed by atoms with Gasteiger partial charge in [0.2, 0.25) is 0 Å². The molecule has 1 aromatic heterocycles. The van der Waals surface area contributed by atoms with Crippen LogP contribution in [0.4, 0.5) is 0 Å². The van der Waals surface area contributed by atoms with Crippen molar-refractivity contribution in [1.29, 1.82) is 0 Å². The molecule has 1 saturated carbocycles. The Balaban J connectivity index is 1.86. The standard InChI is InChI=1S/C20H20ClNO2/c1-3-24-19(23)20(17-5-4-6-18(21)22-17)13-16(20)12-11-15-9-7-14(2)8-10-15/h4-12,16H,3,13H2,1-2H3/b12-11+. The van der Waals surface area contributed by atoms with Gasteiger partial charge in [0.25, 0.3) is 0 Å². The summed E-state index contributed by atoms with van der Waals surface area (Å²) >= 11 is 6.01. The van der Waals surface area contributed by atoms with Gasteiger partial charge in [-0.05, 0) is 38.0 Å². The maximum atomic E-state index is 12.6. The first-order chi connectivity index (χ1) is 11.6. The highest BCUT2D eigenvalue weighted by atomic mass is 35.5. The Labute approximate surface area is 147 Å². The molecule has 1 fully saturated rings. The van der Waals surface area contributed by atoms with Gasteiger partial charge in [0.15, 0.2) is 0 Å². The summed E-state index contributed by atoms with van der Waals surface area (Å²) in [6.45, 7) is 4.23. The zero-order valence-electron chi connectivity index (χ0n) is 13.8. The molecule has 0 radical (unpaired) electrons. The molecule has 3 nitrogen and oxygen atoms in total. The van der Waals surface area contributed by atoms with E-state index in [1.165, 1.54) is 5.56 Å². The highest BCUT2D eigenvalue weighted by molar-refractivity contribution is 6.29. The maximum Gasteiger partial charge on any atom is 0.318 e. The van der Waals surface area contributed by atoms with E-state index in [0.29, 0.717) is 23.9 Å². The molecule has 3 rings (SSSR count). The number of aromatic nitrogens is 1. The first kappa shape index (κ1) is 16.7. The third kappa shape index (κ3) is 3.22. The van der Waals surface area contributed by atoms with E-state index < -0.39 is 5.41 Å². The van der Waals surface area contributed by atoms with Crippen molar-refractivity contribution in [3.63, 3.8) is 0 Å². The van der Waals surface area contributed by atoms with Gasteiger partial charge in [0.1, 0.15) is 10.6 Å². The Morgan fingerprint density at radius 3 is 2.75 bits per heavy atom. The number of hydrogen-bond acceptors (Lipinski definition) is 3. The third-order valence-corrected chi connectivity index (χ3v) is 4.64. The second-order valence-corrected chi connectivity index (χ2v) is 6.51. The monoisotopic (exact) mass is 341 g/mol. The molecule has 24 heavy (non-hydrogen) atoms. The van der Waals surface area contributed by atoms with Crippen molar-refractivity contribution in [2.45, 2.75) is 25.7 Å². The van der Waals surface area contributed by atoms with Crippen molar-refractivity contribution in [3.05, 3.63) is 70.5 Å². The third-order valence-electron chi connectivity index (χ3n) is 4.42. The minimum atomic E-state index is -0.706. The Morgan fingerprint density at radius 1 is 1.33 bits per heavy atom. The van der Waals surface area contributed by atoms with Gasteiger partial charge in [-0.3, -0.25) is 4.79 Å². The van der Waals surface area contributed by atoms with Crippen LogP contribution in [-0.2, 0) is 14.9 Å². The van der Waals surface area contributed by atoms with E-state index in [-0.39, 0.29) is 11.9 Å². The summed E-state index contributed by atoms with van der Waals surface area (Å²) in [5.41, 5.74) is 2.32. The SMILES string of the molecule is CCOC(=O)C1(c2cccc(Cl)n2)CC1/C=C/c1ccc(C)cc1. The second kappa shape index (κ2) is 6.78. The lowest BCUT2D eigenvalue weighted by atomic mass is 9.97. The normalized spacial score (nSPS) is 22.5. The predicted molar refractivity (Wildman–Crippen MR) is 95.9 cm³/mol. The summed E-state index contributed by atoms with van der Waals surface area (Å²) < 4.78 is 5.31. The van der Waals surface area contributed by atoms with Gasteiger partial charge in [0, 0.05) is 5.92 Å². The summed E-state index contributed by atoms with van der Waals surface area (Å²) in [6.07, 6.45) is 4.82. The fourth-order valence-electron chi connectivity index (χ4n) is 2.98. The van der Waals surface area contributed by atoms with Crippen molar-refractivity contribution in [3.8, 4) is 0 Å². The van der Waals surface area contributed by atoms with Crippen LogP contribution in [0.25, 0.3) is 6.08 Å². The van der Waals surface area contributed by atoms with E-state index in [0.717, 1.165) is 5.56 Å². The summed E-state index contributed by atoms with van der Waals surface area (Å²) in [5.74, 6) is -0.151. The molecule has 0 spiro atoms. The van der Waals surface area contributed by atoms with Crippen LogP contribution in [0.1, 0.15) is 30.2 Å². The highest BCUT2D eigenvalue weighted by Crippen LogP contribution is 2.55. The van der Waals surface area contributed by atoms with E-state index in [4.69, 9.17) is 16.3 Å². The Hall–Kier alpha value is -2.13. The summed E-state index contributed by atoms with van der Waals surface area (Å²) in [6, 6.07) is 13.7. The molecule has 0 N–H and O–H groups in total. The quantitative estimate of drug-likeness (QED) is 0.590. The van der Waals surface area contributed by atoms with Crippen LogP contribution in [0.2, 0.25) is 5.15 Å². The molecular formula is C20H20ClNO2. The van der Waals surface area contributed by atoms with E-state index in [1.54, 1.807) is 6.07 Å². The number of allylic oxidation sites excluding steroid dienone is 1. The average Bonchev–Trinajstić information content (AvgIpc) is 3.30. The van der Waals surface area contributed by atoms with Crippen molar-refractivity contribution < 1.29 is 9.53 Å². The van der Waals surface area contributed by atoms with Crippen LogP contribution < -0.4 is 0 Å². The van der Waals surface area contributed by atoms with Crippen LogP contribution in [0.5, 0.6) is 0 Å². The minimum Gasteiger partial charge on any atom is -0.465 e. The first-order valence-electron chi connectivity index (χ1n) is 8.11. The molecular weight excluding hydrogens is 322 g/mol. The molecule has 1 heterocycles. The number of esters is 1. The van der Waals surface area contributed by atoms with Gasteiger partial charge < -0.3 is 4.74 Å². The fourth-order valence-corrected chi connectivity index (χ4v) is 3.14. The number of ether oxygens (including phenoxy) is 1. The van der Waals surface area contributed by atoms with Crippen LogP contribution in [0.3, 0.4) is 0 Å². The molecule has 2 unspecified atom stereocenters. The second-order valence-electron chi connectivity index (χ2n) is 6.12. The lowest BCUT2D eigenvalue weighted by Gasteiger charge is -2.14. The molecule has 0 amide bonds. The first-order valence-corrected chi connectivity index (χ1v) is 8.49. The number of benzene rings is 1. The van der Waals surface area contributed by atoms with Crippen LogP contribution >= 0.6 is 11.6 Å². The molecule has 124 valence electrons. The Kier molecular flexibility index (Phi) is 4.72. The minimum absolute atomic E-state index is 0.0730. The zero-order valence-corrected chi connectivity index (χ0v) is 14.6. The molecule has 2 aromatic rings. The highest BCUT2D eigenvalue weighted by Gasteiger charge is 2.62. The predicted octanol–water partition coefficient (Wildman–Crippen LogP) is 4.58. The van der Waals surface area contributed by atoms with E-state index in [1.807, 2.05) is 19.1 Å². The topological polar surface area (TPSA) is 39.2 Å². The number of rotatable bonds is 5. The lowest BCUT2D eigenvalue weighted by molar-refractivity contribution is -0.146. The molecule has 0 aliphatic heterocycles. The van der Waals surface area contributed by atoms with E-state index in [9.17, 15) is 4.79 Å². The van der Waals surface area contributed by atoms with E-state index >= 15 is 0 Å². The number of carbonyl (C=O) groups excluding carboxylic acids is 1. The summed E-state index contributed by atoms with van der Waals surface area (Å²) in [7, 11) is 0. The average molecular weight is 342 g/mol. The number of halogens is 1. The zero-order chi connectivity index (χ0) is 17.2.